The maximum atomic E-state index is 13.3. The van der Waals surface area contributed by atoms with Gasteiger partial charge in [0.2, 0.25) is 0 Å². The van der Waals surface area contributed by atoms with Crippen molar-refractivity contribution < 1.29 is 8.78 Å². The molecule has 1 aromatic heterocycles. The van der Waals surface area contributed by atoms with Crippen LogP contribution in [0.3, 0.4) is 0 Å². The van der Waals surface area contributed by atoms with E-state index in [2.05, 4.69) is 9.88 Å². The highest BCUT2D eigenvalue weighted by Gasteiger charge is 2.19. The molecule has 0 aromatic carbocycles. The van der Waals surface area contributed by atoms with E-state index in [4.69, 9.17) is 0 Å². The van der Waals surface area contributed by atoms with Gasteiger partial charge in [0.1, 0.15) is 5.82 Å². The molecule has 2 nitrogen and oxygen atoms in total. The molecule has 1 saturated heterocycles. The number of hydrogen-bond donors (Lipinski definition) is 0. The first-order valence-corrected chi connectivity index (χ1v) is 5.66. The Morgan fingerprint density at radius 2 is 2.12 bits per heavy atom. The number of halogens is 2. The largest absolute Gasteiger partial charge is 0.299 e. The monoisotopic (exact) mass is 226 g/mol. The summed E-state index contributed by atoms with van der Waals surface area (Å²) < 4.78 is 25.7. The number of alkyl halides is 1. The van der Waals surface area contributed by atoms with Crippen LogP contribution in [0.4, 0.5) is 8.78 Å². The minimum absolute atomic E-state index is 0.207. The van der Waals surface area contributed by atoms with Gasteiger partial charge in [0.25, 0.3) is 0 Å². The van der Waals surface area contributed by atoms with E-state index in [1.54, 1.807) is 12.3 Å². The van der Waals surface area contributed by atoms with Gasteiger partial charge in [-0.1, -0.05) is 0 Å². The number of aromatic nitrogens is 1. The second-order valence-corrected chi connectivity index (χ2v) is 4.34. The van der Waals surface area contributed by atoms with Crippen LogP contribution < -0.4 is 0 Å². The summed E-state index contributed by atoms with van der Waals surface area (Å²) in [5.41, 5.74) is 0.675. The first-order valence-electron chi connectivity index (χ1n) is 5.66. The third-order valence-electron chi connectivity index (χ3n) is 3.18. The lowest BCUT2D eigenvalue weighted by molar-refractivity contribution is 0.158. The Balaban J connectivity index is 1.89. The molecular weight excluding hydrogens is 210 g/mol. The van der Waals surface area contributed by atoms with E-state index in [0.717, 1.165) is 25.9 Å². The van der Waals surface area contributed by atoms with Gasteiger partial charge in [-0.3, -0.25) is 14.3 Å². The van der Waals surface area contributed by atoms with E-state index in [9.17, 15) is 8.78 Å². The molecule has 4 heteroatoms. The van der Waals surface area contributed by atoms with Gasteiger partial charge in [0.05, 0.1) is 12.9 Å². The van der Waals surface area contributed by atoms with Gasteiger partial charge in [0, 0.05) is 18.3 Å². The Morgan fingerprint density at radius 1 is 1.38 bits per heavy atom. The molecule has 0 N–H and O–H groups in total. The number of hydrogen-bond acceptors (Lipinski definition) is 2. The van der Waals surface area contributed by atoms with Crippen molar-refractivity contribution in [3.63, 3.8) is 0 Å². The van der Waals surface area contributed by atoms with Crippen molar-refractivity contribution in [2.75, 3.05) is 19.8 Å². The Labute approximate surface area is 94.3 Å². The number of pyridine rings is 1. The standard InChI is InChI=1S/C12H16F2N2/c13-7-10-2-5-16(6-3-10)9-11-1-4-15-8-12(11)14/h1,4,8,10H,2-3,5-7,9H2. The molecular formula is C12H16F2N2. The van der Waals surface area contributed by atoms with Gasteiger partial charge in [-0.15, -0.1) is 0 Å². The highest BCUT2D eigenvalue weighted by Crippen LogP contribution is 2.19. The van der Waals surface area contributed by atoms with Crippen LogP contribution in [-0.2, 0) is 6.54 Å². The van der Waals surface area contributed by atoms with Crippen LogP contribution in [0, 0.1) is 11.7 Å². The van der Waals surface area contributed by atoms with Crippen molar-refractivity contribution in [1.29, 1.82) is 0 Å². The molecule has 1 aromatic rings. The molecule has 0 amide bonds. The molecule has 0 saturated carbocycles. The maximum absolute atomic E-state index is 13.3. The molecule has 0 unspecified atom stereocenters. The van der Waals surface area contributed by atoms with Crippen molar-refractivity contribution in [1.82, 2.24) is 9.88 Å². The zero-order chi connectivity index (χ0) is 11.4. The Kier molecular flexibility index (Phi) is 3.83. The van der Waals surface area contributed by atoms with Crippen LogP contribution in [0.2, 0.25) is 0 Å². The summed E-state index contributed by atoms with van der Waals surface area (Å²) >= 11 is 0. The van der Waals surface area contributed by atoms with Gasteiger partial charge in [0.15, 0.2) is 0 Å². The first-order chi connectivity index (χ1) is 7.79. The Morgan fingerprint density at radius 3 is 2.75 bits per heavy atom. The fourth-order valence-corrected chi connectivity index (χ4v) is 2.07. The quantitative estimate of drug-likeness (QED) is 0.786. The Hall–Kier alpha value is -1.03. The third kappa shape index (κ3) is 2.76. The van der Waals surface area contributed by atoms with Gasteiger partial charge in [-0.05, 0) is 37.9 Å². The minimum atomic E-state index is -0.255. The summed E-state index contributed by atoms with van der Waals surface area (Å²) in [7, 11) is 0. The fraction of sp³-hybridized carbons (Fsp3) is 0.583. The van der Waals surface area contributed by atoms with E-state index in [1.807, 2.05) is 0 Å². The van der Waals surface area contributed by atoms with Crippen molar-refractivity contribution in [3.05, 3.63) is 29.8 Å². The fourth-order valence-electron chi connectivity index (χ4n) is 2.07. The lowest BCUT2D eigenvalue weighted by Gasteiger charge is -2.30. The van der Waals surface area contributed by atoms with E-state index in [0.29, 0.717) is 12.1 Å². The summed E-state index contributed by atoms with van der Waals surface area (Å²) in [6.07, 6.45) is 4.60. The molecule has 0 atom stereocenters. The zero-order valence-corrected chi connectivity index (χ0v) is 9.20. The average Bonchev–Trinajstić information content (AvgIpc) is 2.33. The van der Waals surface area contributed by atoms with E-state index in [1.165, 1.54) is 6.20 Å². The SMILES string of the molecule is FCC1CCN(Cc2ccncc2F)CC1. The molecule has 0 spiro atoms. The van der Waals surface area contributed by atoms with Gasteiger partial charge < -0.3 is 0 Å². The molecule has 88 valence electrons. The summed E-state index contributed by atoms with van der Waals surface area (Å²) in [6, 6.07) is 1.70. The van der Waals surface area contributed by atoms with E-state index < -0.39 is 0 Å². The molecule has 16 heavy (non-hydrogen) atoms. The summed E-state index contributed by atoms with van der Waals surface area (Å²) in [5, 5.41) is 0. The molecule has 0 aliphatic carbocycles. The van der Waals surface area contributed by atoms with E-state index >= 15 is 0 Å². The predicted molar refractivity (Wildman–Crippen MR) is 58.2 cm³/mol. The lowest BCUT2D eigenvalue weighted by Crippen LogP contribution is -2.34. The predicted octanol–water partition coefficient (Wildman–Crippen LogP) is 2.40. The number of nitrogens with zero attached hydrogens (tertiary/aromatic N) is 2. The average molecular weight is 226 g/mol. The van der Waals surface area contributed by atoms with Crippen LogP contribution in [0.25, 0.3) is 0 Å². The van der Waals surface area contributed by atoms with E-state index in [-0.39, 0.29) is 18.4 Å². The first kappa shape index (κ1) is 11.5. The van der Waals surface area contributed by atoms with Crippen molar-refractivity contribution in [2.24, 2.45) is 5.92 Å². The summed E-state index contributed by atoms with van der Waals surface area (Å²) in [4.78, 5) is 5.89. The van der Waals surface area contributed by atoms with Crippen molar-refractivity contribution in [3.8, 4) is 0 Å². The smallest absolute Gasteiger partial charge is 0.145 e. The lowest BCUT2D eigenvalue weighted by atomic mass is 9.98. The van der Waals surface area contributed by atoms with Crippen LogP contribution in [0.1, 0.15) is 18.4 Å². The summed E-state index contributed by atoms with van der Waals surface area (Å²) in [6.45, 7) is 2.09. The second-order valence-electron chi connectivity index (χ2n) is 4.34. The molecule has 0 radical (unpaired) electrons. The number of piperidine rings is 1. The minimum Gasteiger partial charge on any atom is -0.299 e. The van der Waals surface area contributed by atoms with Crippen molar-refractivity contribution >= 4 is 0 Å². The highest BCUT2D eigenvalue weighted by molar-refractivity contribution is 5.12. The molecule has 1 aliphatic heterocycles. The Bertz CT molecular complexity index is 336. The third-order valence-corrected chi connectivity index (χ3v) is 3.18. The van der Waals surface area contributed by atoms with Gasteiger partial charge in [-0.25, -0.2) is 4.39 Å². The topological polar surface area (TPSA) is 16.1 Å². The highest BCUT2D eigenvalue weighted by atomic mass is 19.1. The zero-order valence-electron chi connectivity index (χ0n) is 9.20. The molecule has 1 fully saturated rings. The molecule has 0 bridgehead atoms. The number of rotatable bonds is 3. The molecule has 1 aliphatic rings. The van der Waals surface area contributed by atoms with Crippen LogP contribution >= 0.6 is 0 Å². The van der Waals surface area contributed by atoms with Crippen LogP contribution in [0.5, 0.6) is 0 Å². The van der Waals surface area contributed by atoms with Crippen LogP contribution in [-0.4, -0.2) is 29.6 Å². The number of likely N-dealkylation sites (tertiary alicyclic amines) is 1. The van der Waals surface area contributed by atoms with Gasteiger partial charge in [-0.2, -0.15) is 0 Å². The molecule has 2 heterocycles. The van der Waals surface area contributed by atoms with Crippen LogP contribution in [0.15, 0.2) is 18.5 Å². The molecule has 2 rings (SSSR count). The van der Waals surface area contributed by atoms with Crippen molar-refractivity contribution in [2.45, 2.75) is 19.4 Å². The second kappa shape index (κ2) is 5.34. The van der Waals surface area contributed by atoms with Gasteiger partial charge >= 0.3 is 0 Å². The normalized spacial score (nSPS) is 18.9. The summed E-state index contributed by atoms with van der Waals surface area (Å²) in [5.74, 6) is -0.0475. The maximum Gasteiger partial charge on any atom is 0.145 e.